The molecule has 0 aromatic heterocycles. The molecular weight excluding hydrogens is 484 g/mol. The zero-order chi connectivity index (χ0) is 28.8. The lowest BCUT2D eigenvalue weighted by Crippen LogP contribution is -2.05. The summed E-state index contributed by atoms with van der Waals surface area (Å²) in [6.07, 6.45) is 29.4. The third-order valence-electron chi connectivity index (χ3n) is 7.64. The van der Waals surface area contributed by atoms with Crippen LogP contribution in [0.2, 0.25) is 0 Å². The van der Waals surface area contributed by atoms with Gasteiger partial charge in [-0.15, -0.1) is 0 Å². The molecule has 0 aromatic rings. The van der Waals surface area contributed by atoms with Gasteiger partial charge in [0, 0.05) is 12.8 Å². The minimum Gasteiger partial charge on any atom is -0.466 e. The molecule has 0 rings (SSSR count). The van der Waals surface area contributed by atoms with Gasteiger partial charge in [0.05, 0.1) is 13.2 Å². The van der Waals surface area contributed by atoms with E-state index in [1.165, 1.54) is 109 Å². The van der Waals surface area contributed by atoms with Gasteiger partial charge in [-0.3, -0.25) is 9.59 Å². The molecule has 0 saturated carbocycles. The summed E-state index contributed by atoms with van der Waals surface area (Å²) < 4.78 is 10.7. The first-order valence-electron chi connectivity index (χ1n) is 17.2. The first-order chi connectivity index (χ1) is 18.9. The Bertz CT molecular complexity index is 483. The van der Waals surface area contributed by atoms with Crippen LogP contribution in [-0.2, 0) is 19.1 Å². The first kappa shape index (κ1) is 37.9. The lowest BCUT2D eigenvalue weighted by molar-refractivity contribution is -0.144. The number of carbonyl (C=O) groups excluding carboxylic acids is 2. The lowest BCUT2D eigenvalue weighted by atomic mass is 10.0. The fourth-order valence-electron chi connectivity index (χ4n) is 5.02. The Morgan fingerprint density at radius 2 is 0.641 bits per heavy atom. The average molecular weight is 553 g/mol. The van der Waals surface area contributed by atoms with Crippen LogP contribution in [0.5, 0.6) is 0 Å². The highest BCUT2D eigenvalue weighted by molar-refractivity contribution is 5.69. The molecule has 0 saturated heterocycles. The van der Waals surface area contributed by atoms with E-state index >= 15 is 0 Å². The molecule has 0 fully saturated rings. The molecule has 0 aliphatic carbocycles. The average Bonchev–Trinajstić information content (AvgIpc) is 2.89. The Morgan fingerprint density at radius 1 is 0.385 bits per heavy atom. The summed E-state index contributed by atoms with van der Waals surface area (Å²) in [6.45, 7) is 10.2. The molecular formula is C35H68O4. The molecule has 0 radical (unpaired) electrons. The summed E-state index contributed by atoms with van der Waals surface area (Å²) in [5, 5.41) is 0. The number of unbranched alkanes of at least 4 members (excludes halogenated alkanes) is 18. The number of hydrogen-bond donors (Lipinski definition) is 0. The van der Waals surface area contributed by atoms with Gasteiger partial charge in [0.2, 0.25) is 0 Å². The van der Waals surface area contributed by atoms with Crippen molar-refractivity contribution in [3.05, 3.63) is 0 Å². The van der Waals surface area contributed by atoms with Crippen molar-refractivity contribution < 1.29 is 19.1 Å². The van der Waals surface area contributed by atoms with Crippen molar-refractivity contribution in [2.24, 2.45) is 11.8 Å². The number of carbonyl (C=O) groups is 2. The van der Waals surface area contributed by atoms with E-state index in [1.807, 2.05) is 0 Å². The molecule has 0 heterocycles. The van der Waals surface area contributed by atoms with Crippen LogP contribution in [0, 0.1) is 11.8 Å². The van der Waals surface area contributed by atoms with Crippen molar-refractivity contribution in [2.45, 2.75) is 188 Å². The molecule has 4 heteroatoms. The van der Waals surface area contributed by atoms with Crippen LogP contribution in [0.4, 0.5) is 0 Å². The monoisotopic (exact) mass is 553 g/mol. The lowest BCUT2D eigenvalue weighted by Gasteiger charge is -2.06. The third-order valence-corrected chi connectivity index (χ3v) is 7.64. The van der Waals surface area contributed by atoms with E-state index < -0.39 is 0 Å². The number of ether oxygens (including phenoxy) is 2. The van der Waals surface area contributed by atoms with Gasteiger partial charge in [0.1, 0.15) is 0 Å². The van der Waals surface area contributed by atoms with Crippen molar-refractivity contribution in [3.63, 3.8) is 0 Å². The maximum atomic E-state index is 11.8. The molecule has 0 bridgehead atoms. The summed E-state index contributed by atoms with van der Waals surface area (Å²) >= 11 is 0. The standard InChI is InChI=1S/C35H68O4/c1-32(2)26-20-18-24-30-38-34(36)28-22-16-14-12-10-8-6-5-7-9-11-13-15-17-23-29-35(37)39-31-25-19-21-27-33(3)4/h32-33H,5-31H2,1-4H3. The second kappa shape index (κ2) is 29.9. The van der Waals surface area contributed by atoms with Gasteiger partial charge in [-0.1, -0.05) is 150 Å². The van der Waals surface area contributed by atoms with Crippen LogP contribution >= 0.6 is 0 Å². The number of rotatable bonds is 30. The summed E-state index contributed by atoms with van der Waals surface area (Å²) in [7, 11) is 0. The Hall–Kier alpha value is -1.06. The SMILES string of the molecule is CC(C)CCCCCOC(=O)CCCCCCCCCCCCCCCCCC(=O)OCCCCCC(C)C. The third kappa shape index (κ3) is 33.0. The maximum absolute atomic E-state index is 11.8. The fourth-order valence-corrected chi connectivity index (χ4v) is 5.02. The molecule has 4 nitrogen and oxygen atoms in total. The van der Waals surface area contributed by atoms with Crippen LogP contribution < -0.4 is 0 Å². The maximum Gasteiger partial charge on any atom is 0.305 e. The molecule has 0 aliphatic heterocycles. The van der Waals surface area contributed by atoms with E-state index in [1.54, 1.807) is 0 Å². The topological polar surface area (TPSA) is 52.6 Å². The van der Waals surface area contributed by atoms with Crippen LogP contribution in [0.25, 0.3) is 0 Å². The van der Waals surface area contributed by atoms with Crippen molar-refractivity contribution in [1.82, 2.24) is 0 Å². The minimum atomic E-state index is -0.00265. The van der Waals surface area contributed by atoms with Crippen molar-refractivity contribution in [2.75, 3.05) is 13.2 Å². The summed E-state index contributed by atoms with van der Waals surface area (Å²) in [4.78, 5) is 23.6. The zero-order valence-corrected chi connectivity index (χ0v) is 26.9. The molecule has 0 amide bonds. The number of esters is 2. The Kier molecular flexibility index (Phi) is 29.1. The molecule has 0 aliphatic rings. The van der Waals surface area contributed by atoms with Crippen molar-refractivity contribution in [1.29, 1.82) is 0 Å². The Labute approximate surface area is 244 Å². The largest absolute Gasteiger partial charge is 0.466 e. The van der Waals surface area contributed by atoms with Crippen LogP contribution in [0.15, 0.2) is 0 Å². The summed E-state index contributed by atoms with van der Waals surface area (Å²) in [5.41, 5.74) is 0. The van der Waals surface area contributed by atoms with Crippen molar-refractivity contribution >= 4 is 11.9 Å². The molecule has 0 atom stereocenters. The van der Waals surface area contributed by atoms with E-state index in [2.05, 4.69) is 27.7 Å². The quantitative estimate of drug-likeness (QED) is 0.0656. The van der Waals surface area contributed by atoms with Gasteiger partial charge in [-0.05, 0) is 37.5 Å². The highest BCUT2D eigenvalue weighted by atomic mass is 16.5. The van der Waals surface area contributed by atoms with Gasteiger partial charge in [0.25, 0.3) is 0 Å². The van der Waals surface area contributed by atoms with E-state index in [-0.39, 0.29) is 11.9 Å². The minimum absolute atomic E-state index is 0.00265. The predicted octanol–water partition coefficient (Wildman–Crippen LogP) is 11.1. The summed E-state index contributed by atoms with van der Waals surface area (Å²) in [5.74, 6) is 1.54. The zero-order valence-electron chi connectivity index (χ0n) is 26.9. The highest BCUT2D eigenvalue weighted by Gasteiger charge is 2.04. The molecule has 0 N–H and O–H groups in total. The highest BCUT2D eigenvalue weighted by Crippen LogP contribution is 2.15. The van der Waals surface area contributed by atoms with E-state index in [0.717, 1.165) is 50.4 Å². The molecule has 0 aromatic carbocycles. The first-order valence-corrected chi connectivity index (χ1v) is 17.2. The molecule has 0 spiro atoms. The molecule has 232 valence electrons. The van der Waals surface area contributed by atoms with Gasteiger partial charge >= 0.3 is 11.9 Å². The van der Waals surface area contributed by atoms with Crippen molar-refractivity contribution in [3.8, 4) is 0 Å². The Morgan fingerprint density at radius 3 is 0.923 bits per heavy atom. The van der Waals surface area contributed by atoms with Crippen LogP contribution in [0.3, 0.4) is 0 Å². The van der Waals surface area contributed by atoms with Crippen LogP contribution in [0.1, 0.15) is 188 Å². The molecule has 39 heavy (non-hydrogen) atoms. The van der Waals surface area contributed by atoms with Gasteiger partial charge in [-0.25, -0.2) is 0 Å². The normalized spacial score (nSPS) is 11.4. The molecule has 0 unspecified atom stereocenters. The predicted molar refractivity (Wildman–Crippen MR) is 167 cm³/mol. The van der Waals surface area contributed by atoms with E-state index in [4.69, 9.17) is 9.47 Å². The smallest absolute Gasteiger partial charge is 0.305 e. The van der Waals surface area contributed by atoms with Crippen LogP contribution in [-0.4, -0.2) is 25.2 Å². The van der Waals surface area contributed by atoms with Gasteiger partial charge in [0.15, 0.2) is 0 Å². The van der Waals surface area contributed by atoms with Gasteiger partial charge in [-0.2, -0.15) is 0 Å². The number of hydrogen-bond acceptors (Lipinski definition) is 4. The van der Waals surface area contributed by atoms with E-state index in [0.29, 0.717) is 26.1 Å². The second-order valence-electron chi connectivity index (χ2n) is 12.7. The summed E-state index contributed by atoms with van der Waals surface area (Å²) in [6, 6.07) is 0. The Balaban J connectivity index is 3.20. The second-order valence-corrected chi connectivity index (χ2v) is 12.7. The van der Waals surface area contributed by atoms with E-state index in [9.17, 15) is 9.59 Å². The fraction of sp³-hybridized carbons (Fsp3) is 0.943. The van der Waals surface area contributed by atoms with Gasteiger partial charge < -0.3 is 9.47 Å².